The maximum absolute atomic E-state index is 11.2. The molecule has 0 aromatic heterocycles. The Balaban J connectivity index is 2.44. The van der Waals surface area contributed by atoms with Gasteiger partial charge < -0.3 is 10.1 Å². The van der Waals surface area contributed by atoms with Gasteiger partial charge >= 0.3 is 11.9 Å². The zero-order valence-corrected chi connectivity index (χ0v) is 10.7. The quantitative estimate of drug-likeness (QED) is 0.503. The molecular weight excluding hydrogens is 238 g/mol. The van der Waals surface area contributed by atoms with Gasteiger partial charge in [-0.05, 0) is 30.9 Å². The standard InChI is InChI=1S/C12H15NO3S/c1-3-16-12(15)11(14)13-8-9-4-6-10(17-2)7-5-9/h4-7H,3,8H2,1-2H3,(H,13,14). The van der Waals surface area contributed by atoms with Gasteiger partial charge in [-0.15, -0.1) is 11.8 Å². The normalized spacial score (nSPS) is 9.76. The fraction of sp³-hybridized carbons (Fsp3) is 0.333. The SMILES string of the molecule is CCOC(=O)C(=O)NCc1ccc(SC)cc1. The molecule has 0 spiro atoms. The molecule has 0 aliphatic carbocycles. The van der Waals surface area contributed by atoms with Gasteiger partial charge in [0.2, 0.25) is 0 Å². The lowest BCUT2D eigenvalue weighted by molar-refractivity contribution is -0.154. The van der Waals surface area contributed by atoms with Crippen molar-refractivity contribution >= 4 is 23.6 Å². The van der Waals surface area contributed by atoms with E-state index in [0.29, 0.717) is 6.54 Å². The first-order valence-electron chi connectivity index (χ1n) is 5.25. The highest BCUT2D eigenvalue weighted by molar-refractivity contribution is 7.98. The molecule has 0 aliphatic heterocycles. The smallest absolute Gasteiger partial charge is 0.396 e. The van der Waals surface area contributed by atoms with Gasteiger partial charge in [-0.3, -0.25) is 4.79 Å². The number of carbonyl (C=O) groups is 2. The van der Waals surface area contributed by atoms with Crippen molar-refractivity contribution in [3.8, 4) is 0 Å². The summed E-state index contributed by atoms with van der Waals surface area (Å²) >= 11 is 1.65. The van der Waals surface area contributed by atoms with Gasteiger partial charge in [0.05, 0.1) is 6.61 Å². The van der Waals surface area contributed by atoms with E-state index in [1.165, 1.54) is 0 Å². The fourth-order valence-electron chi connectivity index (χ4n) is 1.19. The zero-order valence-electron chi connectivity index (χ0n) is 9.86. The molecule has 0 aliphatic rings. The number of carbonyl (C=O) groups excluding carboxylic acids is 2. The molecule has 0 fully saturated rings. The second kappa shape index (κ2) is 6.96. The molecule has 0 atom stereocenters. The molecule has 0 saturated heterocycles. The van der Waals surface area contributed by atoms with Crippen molar-refractivity contribution in [3.63, 3.8) is 0 Å². The van der Waals surface area contributed by atoms with Crippen molar-refractivity contribution in [3.05, 3.63) is 29.8 Å². The number of nitrogens with one attached hydrogen (secondary N) is 1. The Hall–Kier alpha value is -1.49. The molecule has 1 aromatic rings. The summed E-state index contributed by atoms with van der Waals surface area (Å²) in [6.07, 6.45) is 2.00. The minimum atomic E-state index is -0.840. The summed E-state index contributed by atoms with van der Waals surface area (Å²) in [5.74, 6) is -1.55. The lowest BCUT2D eigenvalue weighted by atomic mass is 10.2. The monoisotopic (exact) mass is 253 g/mol. The van der Waals surface area contributed by atoms with Crippen LogP contribution in [0.2, 0.25) is 0 Å². The van der Waals surface area contributed by atoms with Crippen LogP contribution in [0.1, 0.15) is 12.5 Å². The van der Waals surface area contributed by atoms with Gasteiger partial charge in [0.25, 0.3) is 0 Å². The number of hydrogen-bond acceptors (Lipinski definition) is 4. The van der Waals surface area contributed by atoms with Gasteiger partial charge in [-0.1, -0.05) is 12.1 Å². The molecular formula is C12H15NO3S. The number of benzene rings is 1. The topological polar surface area (TPSA) is 55.4 Å². The van der Waals surface area contributed by atoms with E-state index in [4.69, 9.17) is 0 Å². The van der Waals surface area contributed by atoms with E-state index in [1.807, 2.05) is 30.5 Å². The molecule has 0 saturated carbocycles. The van der Waals surface area contributed by atoms with Crippen LogP contribution in [-0.4, -0.2) is 24.7 Å². The highest BCUT2D eigenvalue weighted by Crippen LogP contribution is 2.14. The van der Waals surface area contributed by atoms with E-state index < -0.39 is 11.9 Å². The van der Waals surface area contributed by atoms with Gasteiger partial charge in [0.1, 0.15) is 0 Å². The first-order valence-corrected chi connectivity index (χ1v) is 6.47. The highest BCUT2D eigenvalue weighted by Gasteiger charge is 2.13. The first kappa shape index (κ1) is 13.6. The Morgan fingerprint density at radius 1 is 1.29 bits per heavy atom. The molecule has 17 heavy (non-hydrogen) atoms. The van der Waals surface area contributed by atoms with E-state index >= 15 is 0 Å². The second-order valence-electron chi connectivity index (χ2n) is 3.25. The second-order valence-corrected chi connectivity index (χ2v) is 4.13. The molecule has 4 nitrogen and oxygen atoms in total. The average Bonchev–Trinajstić information content (AvgIpc) is 2.36. The van der Waals surface area contributed by atoms with E-state index in [0.717, 1.165) is 10.5 Å². The van der Waals surface area contributed by atoms with Gasteiger partial charge in [0, 0.05) is 11.4 Å². The predicted octanol–water partition coefficient (Wildman–Crippen LogP) is 1.59. The summed E-state index contributed by atoms with van der Waals surface area (Å²) in [4.78, 5) is 23.4. The summed E-state index contributed by atoms with van der Waals surface area (Å²) in [5.41, 5.74) is 0.945. The lowest BCUT2D eigenvalue weighted by Crippen LogP contribution is -2.32. The lowest BCUT2D eigenvalue weighted by Gasteiger charge is -2.05. The van der Waals surface area contributed by atoms with Crippen molar-refractivity contribution in [2.24, 2.45) is 0 Å². The molecule has 0 bridgehead atoms. The van der Waals surface area contributed by atoms with Crippen LogP contribution < -0.4 is 5.32 Å². The van der Waals surface area contributed by atoms with Crippen LogP contribution >= 0.6 is 11.8 Å². The Morgan fingerprint density at radius 3 is 2.47 bits per heavy atom. The Bertz CT molecular complexity index is 389. The Labute approximate surface area is 105 Å². The Kier molecular flexibility index (Phi) is 5.56. The van der Waals surface area contributed by atoms with Crippen LogP contribution in [0.25, 0.3) is 0 Å². The first-order chi connectivity index (χ1) is 8.17. The molecule has 0 radical (unpaired) electrons. The zero-order chi connectivity index (χ0) is 12.7. The average molecular weight is 253 g/mol. The summed E-state index contributed by atoms with van der Waals surface area (Å²) in [7, 11) is 0. The third-order valence-electron chi connectivity index (χ3n) is 2.07. The molecule has 1 amide bonds. The number of ether oxygens (including phenoxy) is 1. The Morgan fingerprint density at radius 2 is 1.94 bits per heavy atom. The molecule has 5 heteroatoms. The molecule has 92 valence electrons. The van der Waals surface area contributed by atoms with Crippen molar-refractivity contribution in [2.75, 3.05) is 12.9 Å². The van der Waals surface area contributed by atoms with Crippen LogP contribution in [0.5, 0.6) is 0 Å². The summed E-state index contributed by atoms with van der Waals surface area (Å²) in [6, 6.07) is 7.77. The summed E-state index contributed by atoms with van der Waals surface area (Å²) in [6.45, 7) is 2.19. The minimum absolute atomic E-state index is 0.203. The van der Waals surface area contributed by atoms with E-state index in [1.54, 1.807) is 18.7 Å². The van der Waals surface area contributed by atoms with Crippen LogP contribution in [0, 0.1) is 0 Å². The van der Waals surface area contributed by atoms with Crippen LogP contribution in [0.4, 0.5) is 0 Å². The summed E-state index contributed by atoms with van der Waals surface area (Å²) < 4.78 is 4.57. The third kappa shape index (κ3) is 4.48. The maximum Gasteiger partial charge on any atom is 0.396 e. The molecule has 1 N–H and O–H groups in total. The minimum Gasteiger partial charge on any atom is -0.459 e. The van der Waals surface area contributed by atoms with Crippen LogP contribution in [0.15, 0.2) is 29.2 Å². The predicted molar refractivity (Wildman–Crippen MR) is 66.7 cm³/mol. The third-order valence-corrected chi connectivity index (χ3v) is 2.82. The summed E-state index contributed by atoms with van der Waals surface area (Å²) in [5, 5.41) is 2.50. The van der Waals surface area contributed by atoms with Crippen LogP contribution in [0.3, 0.4) is 0 Å². The van der Waals surface area contributed by atoms with Gasteiger partial charge in [0.15, 0.2) is 0 Å². The van der Waals surface area contributed by atoms with E-state index in [2.05, 4.69) is 10.1 Å². The molecule has 1 aromatic carbocycles. The number of esters is 1. The van der Waals surface area contributed by atoms with Crippen molar-refractivity contribution in [2.45, 2.75) is 18.4 Å². The molecule has 1 rings (SSSR count). The van der Waals surface area contributed by atoms with Crippen LogP contribution in [-0.2, 0) is 20.9 Å². The van der Waals surface area contributed by atoms with E-state index in [9.17, 15) is 9.59 Å². The van der Waals surface area contributed by atoms with Crippen molar-refractivity contribution in [1.29, 1.82) is 0 Å². The van der Waals surface area contributed by atoms with Crippen molar-refractivity contribution in [1.82, 2.24) is 5.32 Å². The van der Waals surface area contributed by atoms with Gasteiger partial charge in [-0.2, -0.15) is 0 Å². The maximum atomic E-state index is 11.2. The number of rotatable bonds is 4. The van der Waals surface area contributed by atoms with E-state index in [-0.39, 0.29) is 6.61 Å². The number of amides is 1. The van der Waals surface area contributed by atoms with Gasteiger partial charge in [-0.25, -0.2) is 4.79 Å². The fourth-order valence-corrected chi connectivity index (χ4v) is 1.60. The number of thioether (sulfide) groups is 1. The highest BCUT2D eigenvalue weighted by atomic mass is 32.2. The largest absolute Gasteiger partial charge is 0.459 e. The van der Waals surface area contributed by atoms with Crippen molar-refractivity contribution < 1.29 is 14.3 Å². The number of hydrogen-bond donors (Lipinski definition) is 1. The molecule has 0 heterocycles. The molecule has 0 unspecified atom stereocenters.